The number of rotatable bonds is 8. The summed E-state index contributed by atoms with van der Waals surface area (Å²) >= 11 is 0. The number of nitrogens with zero attached hydrogens (tertiary/aromatic N) is 4. The molecule has 2 heterocycles. The van der Waals surface area contributed by atoms with Crippen LogP contribution in [0.15, 0.2) is 102 Å². The summed E-state index contributed by atoms with van der Waals surface area (Å²) in [5, 5.41) is 14.8. The third kappa shape index (κ3) is 6.08. The van der Waals surface area contributed by atoms with Crippen LogP contribution in [0.25, 0.3) is 10.8 Å². The van der Waals surface area contributed by atoms with Crippen molar-refractivity contribution in [1.82, 2.24) is 15.0 Å². The first-order valence-electron chi connectivity index (χ1n) is 15.9. The van der Waals surface area contributed by atoms with Gasteiger partial charge in [-0.2, -0.15) is 5.10 Å². The minimum Gasteiger partial charge on any atom is -0.378 e. The number of fused-ring (bicyclic) bond motifs is 2. The molecule has 46 heavy (non-hydrogen) atoms. The number of anilines is 4. The highest BCUT2D eigenvalue weighted by Gasteiger charge is 2.35. The van der Waals surface area contributed by atoms with Crippen molar-refractivity contribution in [2.45, 2.75) is 45.6 Å². The Kier molecular flexibility index (Phi) is 8.20. The highest BCUT2D eigenvalue weighted by Crippen LogP contribution is 2.38. The monoisotopic (exact) mass is 611 g/mol. The summed E-state index contributed by atoms with van der Waals surface area (Å²) in [7, 11) is 0. The molecule has 0 atom stereocenters. The number of amides is 3. The number of aryl methyl sites for hydroxylation is 1. The second-order valence-corrected chi connectivity index (χ2v) is 12.0. The van der Waals surface area contributed by atoms with Gasteiger partial charge in [0.2, 0.25) is 5.91 Å². The minimum absolute atomic E-state index is 0.208. The van der Waals surface area contributed by atoms with E-state index < -0.39 is 0 Å². The van der Waals surface area contributed by atoms with Gasteiger partial charge in [-0.25, -0.2) is 14.8 Å². The number of carbonyl (C=O) groups is 2. The number of urea groups is 1. The molecule has 2 aliphatic rings. The molecule has 232 valence electrons. The fraction of sp³-hybridized carbons (Fsp3) is 0.243. The fourth-order valence-corrected chi connectivity index (χ4v) is 6.49. The lowest BCUT2D eigenvalue weighted by Gasteiger charge is -2.27. The van der Waals surface area contributed by atoms with Crippen molar-refractivity contribution < 1.29 is 9.59 Å². The van der Waals surface area contributed by atoms with E-state index in [9.17, 15) is 9.59 Å². The van der Waals surface area contributed by atoms with E-state index >= 15 is 0 Å². The van der Waals surface area contributed by atoms with Gasteiger partial charge in [0.1, 0.15) is 12.4 Å². The third-order valence-corrected chi connectivity index (χ3v) is 8.80. The molecular weight excluding hydrogens is 574 g/mol. The molecule has 1 fully saturated rings. The molecule has 1 aromatic heterocycles. The van der Waals surface area contributed by atoms with Crippen molar-refractivity contribution in [1.29, 1.82) is 0 Å². The van der Waals surface area contributed by atoms with E-state index in [4.69, 9.17) is 5.10 Å². The molecule has 5 aromatic rings. The van der Waals surface area contributed by atoms with Crippen LogP contribution in [0.1, 0.15) is 49.1 Å². The summed E-state index contributed by atoms with van der Waals surface area (Å²) in [4.78, 5) is 37.3. The maximum absolute atomic E-state index is 14.6. The molecule has 0 bridgehead atoms. The molecule has 0 unspecified atom stereocenters. The van der Waals surface area contributed by atoms with E-state index in [0.29, 0.717) is 17.9 Å². The van der Waals surface area contributed by atoms with Crippen LogP contribution in [0.3, 0.4) is 0 Å². The van der Waals surface area contributed by atoms with Gasteiger partial charge in [0.05, 0.1) is 23.6 Å². The van der Waals surface area contributed by atoms with Gasteiger partial charge in [0, 0.05) is 40.6 Å². The van der Waals surface area contributed by atoms with Crippen molar-refractivity contribution in [3.05, 3.63) is 114 Å². The number of aromatic nitrogens is 2. The number of hydrogen-bond donors (Lipinski definition) is 3. The molecule has 0 spiro atoms. The second-order valence-electron chi connectivity index (χ2n) is 12.0. The molecule has 0 saturated heterocycles. The van der Waals surface area contributed by atoms with Crippen LogP contribution in [-0.4, -0.2) is 39.2 Å². The van der Waals surface area contributed by atoms with Crippen molar-refractivity contribution in [3.63, 3.8) is 0 Å². The number of H-pyrrole nitrogens is 1. The standard InChI is InChI=1S/C37H37N7O2/c1-25-14-19-31-33(22-25)44(29-17-15-28(16-18-29)40-23-34-38-20-21-39-34)37(46)43(42-36(31)27-9-3-2-4-10-27)24-35(45)41-32-13-7-11-26-8-5-6-12-30(26)32/h5-8,11-22,27,40H,2-4,9-10,23-24H2,1H3,(H,38,39)(H,41,45). The Morgan fingerprint density at radius 1 is 0.957 bits per heavy atom. The first-order valence-corrected chi connectivity index (χ1v) is 15.9. The molecule has 7 rings (SSSR count). The average Bonchev–Trinajstić information content (AvgIpc) is 3.58. The molecule has 0 radical (unpaired) electrons. The van der Waals surface area contributed by atoms with E-state index in [0.717, 1.165) is 70.5 Å². The molecule has 1 saturated carbocycles. The minimum atomic E-state index is -0.373. The lowest BCUT2D eigenvalue weighted by molar-refractivity contribution is -0.116. The molecule has 1 aliphatic heterocycles. The smallest absolute Gasteiger partial charge is 0.350 e. The van der Waals surface area contributed by atoms with Gasteiger partial charge in [-0.1, -0.05) is 67.8 Å². The molecule has 4 aromatic carbocycles. The zero-order chi connectivity index (χ0) is 31.5. The Morgan fingerprint density at radius 3 is 2.57 bits per heavy atom. The lowest BCUT2D eigenvalue weighted by Crippen LogP contribution is -2.41. The van der Waals surface area contributed by atoms with Crippen LogP contribution >= 0.6 is 0 Å². The summed E-state index contributed by atoms with van der Waals surface area (Å²) < 4.78 is 0. The summed E-state index contributed by atoms with van der Waals surface area (Å²) in [5.74, 6) is 0.733. The predicted molar refractivity (Wildman–Crippen MR) is 183 cm³/mol. The highest BCUT2D eigenvalue weighted by atomic mass is 16.2. The molecule has 3 amide bonds. The maximum Gasteiger partial charge on any atom is 0.350 e. The topological polar surface area (TPSA) is 106 Å². The Hall–Kier alpha value is -5.44. The third-order valence-electron chi connectivity index (χ3n) is 8.80. The Morgan fingerprint density at radius 2 is 1.76 bits per heavy atom. The zero-order valence-corrected chi connectivity index (χ0v) is 25.9. The van der Waals surface area contributed by atoms with Gasteiger partial charge in [-0.05, 0) is 67.1 Å². The Bertz CT molecular complexity index is 1890. The Labute approximate surface area is 268 Å². The fourth-order valence-electron chi connectivity index (χ4n) is 6.49. The van der Waals surface area contributed by atoms with Gasteiger partial charge in [-0.3, -0.25) is 9.69 Å². The summed E-state index contributed by atoms with van der Waals surface area (Å²) in [6.07, 6.45) is 8.98. The first kappa shape index (κ1) is 29.3. The number of imidazole rings is 1. The molecule has 3 N–H and O–H groups in total. The quantitative estimate of drug-likeness (QED) is 0.165. The van der Waals surface area contributed by atoms with E-state index in [1.807, 2.05) is 79.7 Å². The van der Waals surface area contributed by atoms with Crippen molar-refractivity contribution in [2.75, 3.05) is 22.1 Å². The number of nitrogens with one attached hydrogen (secondary N) is 3. The zero-order valence-electron chi connectivity index (χ0n) is 25.9. The van der Waals surface area contributed by atoms with E-state index in [-0.39, 0.29) is 24.4 Å². The summed E-state index contributed by atoms with van der Waals surface area (Å²) in [6.45, 7) is 2.36. The van der Waals surface area contributed by atoms with Gasteiger partial charge in [0.15, 0.2) is 0 Å². The van der Waals surface area contributed by atoms with Crippen molar-refractivity contribution >= 4 is 51.2 Å². The van der Waals surface area contributed by atoms with Crippen LogP contribution in [0, 0.1) is 12.8 Å². The SMILES string of the molecule is Cc1ccc2c(c1)N(c1ccc(NCc3ncc[nH]3)cc1)C(=O)N(CC(=O)Nc1cccc3ccccc13)N=C2C1CCCCC1. The number of carbonyl (C=O) groups excluding carboxylic acids is 2. The largest absolute Gasteiger partial charge is 0.378 e. The van der Waals surface area contributed by atoms with Crippen LogP contribution in [0.5, 0.6) is 0 Å². The number of benzene rings is 4. The molecule has 9 nitrogen and oxygen atoms in total. The maximum atomic E-state index is 14.6. The van der Waals surface area contributed by atoms with Crippen LogP contribution < -0.4 is 15.5 Å². The first-order chi connectivity index (χ1) is 22.5. The average molecular weight is 612 g/mol. The highest BCUT2D eigenvalue weighted by molar-refractivity contribution is 6.14. The van der Waals surface area contributed by atoms with Gasteiger partial charge in [-0.15, -0.1) is 0 Å². The van der Waals surface area contributed by atoms with Crippen molar-refractivity contribution in [2.24, 2.45) is 11.0 Å². The van der Waals surface area contributed by atoms with Gasteiger partial charge < -0.3 is 15.6 Å². The number of hydrogen-bond acceptors (Lipinski definition) is 5. The van der Waals surface area contributed by atoms with E-state index in [2.05, 4.69) is 32.7 Å². The number of aromatic amines is 1. The lowest BCUT2D eigenvalue weighted by atomic mass is 9.82. The number of hydrazone groups is 1. The van der Waals surface area contributed by atoms with Crippen LogP contribution in [-0.2, 0) is 11.3 Å². The van der Waals surface area contributed by atoms with Crippen molar-refractivity contribution in [3.8, 4) is 0 Å². The summed E-state index contributed by atoms with van der Waals surface area (Å²) in [6, 6.07) is 27.3. The van der Waals surface area contributed by atoms with E-state index in [1.165, 1.54) is 11.4 Å². The van der Waals surface area contributed by atoms with Crippen LogP contribution in [0.4, 0.5) is 27.5 Å². The van der Waals surface area contributed by atoms with Gasteiger partial charge in [0.25, 0.3) is 0 Å². The predicted octanol–water partition coefficient (Wildman–Crippen LogP) is 7.98. The summed E-state index contributed by atoms with van der Waals surface area (Å²) in [5.41, 5.74) is 5.93. The molecule has 9 heteroatoms. The van der Waals surface area contributed by atoms with Gasteiger partial charge >= 0.3 is 6.03 Å². The molecule has 1 aliphatic carbocycles. The second kappa shape index (κ2) is 12.9. The normalized spacial score (nSPS) is 15.3. The Balaban J connectivity index is 1.23. The molecular formula is C37H37N7O2. The van der Waals surface area contributed by atoms with E-state index in [1.54, 1.807) is 17.3 Å². The van der Waals surface area contributed by atoms with Crippen LogP contribution in [0.2, 0.25) is 0 Å².